The van der Waals surface area contributed by atoms with Gasteiger partial charge in [0.15, 0.2) is 0 Å². The summed E-state index contributed by atoms with van der Waals surface area (Å²) in [6, 6.07) is 24.2. The van der Waals surface area contributed by atoms with E-state index in [0.717, 1.165) is 41.1 Å². The van der Waals surface area contributed by atoms with Gasteiger partial charge in [0.25, 0.3) is 0 Å². The SMILES string of the molecule is Cc1ccc(OCCCn2c(-c3cccc(Cl)c3)nc3ccccc32)cc1. The molecule has 0 aliphatic carbocycles. The summed E-state index contributed by atoms with van der Waals surface area (Å²) in [5.41, 5.74) is 4.38. The number of benzene rings is 3. The van der Waals surface area contributed by atoms with Crippen LogP contribution in [0.4, 0.5) is 0 Å². The van der Waals surface area contributed by atoms with E-state index in [0.29, 0.717) is 11.6 Å². The van der Waals surface area contributed by atoms with Crippen molar-refractivity contribution in [3.8, 4) is 17.1 Å². The summed E-state index contributed by atoms with van der Waals surface area (Å²) in [5, 5.41) is 0.716. The number of aromatic nitrogens is 2. The van der Waals surface area contributed by atoms with Crippen LogP contribution in [0, 0.1) is 6.92 Å². The van der Waals surface area contributed by atoms with Gasteiger partial charge in [0.2, 0.25) is 0 Å². The lowest BCUT2D eigenvalue weighted by Crippen LogP contribution is -2.06. The van der Waals surface area contributed by atoms with Crippen molar-refractivity contribution in [2.24, 2.45) is 0 Å². The summed E-state index contributed by atoms with van der Waals surface area (Å²) >= 11 is 6.19. The van der Waals surface area contributed by atoms with Gasteiger partial charge in [-0.3, -0.25) is 0 Å². The highest BCUT2D eigenvalue weighted by Gasteiger charge is 2.12. The molecule has 0 bridgehead atoms. The summed E-state index contributed by atoms with van der Waals surface area (Å²) in [5.74, 6) is 1.85. The molecule has 0 fully saturated rings. The number of hydrogen-bond donors (Lipinski definition) is 0. The zero-order valence-electron chi connectivity index (χ0n) is 15.2. The third kappa shape index (κ3) is 3.99. The first-order valence-corrected chi connectivity index (χ1v) is 9.49. The average Bonchev–Trinajstić information content (AvgIpc) is 3.05. The fourth-order valence-electron chi connectivity index (χ4n) is 3.20. The third-order valence-corrected chi connectivity index (χ3v) is 4.79. The molecule has 4 aromatic rings. The lowest BCUT2D eigenvalue weighted by atomic mass is 10.2. The molecule has 1 heterocycles. The first kappa shape index (κ1) is 17.6. The zero-order chi connectivity index (χ0) is 18.6. The standard InChI is InChI=1S/C23H21ClN2O/c1-17-10-12-20(13-11-17)27-15-5-14-26-22-9-3-2-8-21(22)25-23(26)18-6-4-7-19(24)16-18/h2-4,6-13,16H,5,14-15H2,1H3. The molecule has 1 aromatic heterocycles. The van der Waals surface area contributed by atoms with Gasteiger partial charge in [-0.1, -0.05) is 53.6 Å². The Labute approximate surface area is 164 Å². The number of imidazole rings is 1. The predicted molar refractivity (Wildman–Crippen MR) is 111 cm³/mol. The van der Waals surface area contributed by atoms with Gasteiger partial charge in [-0.05, 0) is 49.7 Å². The quantitative estimate of drug-likeness (QED) is 0.378. The number of halogens is 1. The molecule has 0 saturated heterocycles. The molecule has 0 aliphatic rings. The molecule has 0 amide bonds. The van der Waals surface area contributed by atoms with E-state index in [-0.39, 0.29) is 0 Å². The van der Waals surface area contributed by atoms with Gasteiger partial charge in [-0.2, -0.15) is 0 Å². The van der Waals surface area contributed by atoms with E-state index >= 15 is 0 Å². The van der Waals surface area contributed by atoms with E-state index in [1.807, 2.05) is 54.6 Å². The van der Waals surface area contributed by atoms with Crippen LogP contribution in [0.15, 0.2) is 72.8 Å². The minimum atomic E-state index is 0.657. The van der Waals surface area contributed by atoms with Crippen LogP contribution in [-0.2, 0) is 6.54 Å². The Bertz CT molecular complexity index is 1050. The molecule has 3 aromatic carbocycles. The molecule has 0 N–H and O–H groups in total. The Hall–Kier alpha value is -2.78. The number of nitrogens with zero attached hydrogens (tertiary/aromatic N) is 2. The Morgan fingerprint density at radius 3 is 2.59 bits per heavy atom. The van der Waals surface area contributed by atoms with Crippen molar-refractivity contribution in [3.63, 3.8) is 0 Å². The highest BCUT2D eigenvalue weighted by atomic mass is 35.5. The van der Waals surface area contributed by atoms with E-state index in [2.05, 4.69) is 29.7 Å². The normalized spacial score (nSPS) is 11.0. The third-order valence-electron chi connectivity index (χ3n) is 4.55. The van der Waals surface area contributed by atoms with Crippen LogP contribution in [0.5, 0.6) is 5.75 Å². The molecule has 4 heteroatoms. The summed E-state index contributed by atoms with van der Waals surface area (Å²) in [7, 11) is 0. The number of para-hydroxylation sites is 2. The smallest absolute Gasteiger partial charge is 0.141 e. The first-order valence-electron chi connectivity index (χ1n) is 9.11. The van der Waals surface area contributed by atoms with E-state index in [1.165, 1.54) is 5.56 Å². The van der Waals surface area contributed by atoms with E-state index in [4.69, 9.17) is 21.3 Å². The number of hydrogen-bond acceptors (Lipinski definition) is 2. The molecule has 0 radical (unpaired) electrons. The molecular weight excluding hydrogens is 356 g/mol. The maximum absolute atomic E-state index is 6.19. The second-order valence-corrected chi connectivity index (χ2v) is 7.04. The van der Waals surface area contributed by atoms with Crippen LogP contribution in [-0.4, -0.2) is 16.2 Å². The van der Waals surface area contributed by atoms with Crippen LogP contribution in [0.2, 0.25) is 5.02 Å². The summed E-state index contributed by atoms with van der Waals surface area (Å²) in [4.78, 5) is 4.83. The molecule has 27 heavy (non-hydrogen) atoms. The fourth-order valence-corrected chi connectivity index (χ4v) is 3.39. The van der Waals surface area contributed by atoms with Crippen LogP contribution in [0.3, 0.4) is 0 Å². The highest BCUT2D eigenvalue weighted by molar-refractivity contribution is 6.30. The van der Waals surface area contributed by atoms with Crippen molar-refractivity contribution in [3.05, 3.63) is 83.4 Å². The van der Waals surface area contributed by atoms with Crippen molar-refractivity contribution in [1.29, 1.82) is 0 Å². The van der Waals surface area contributed by atoms with Gasteiger partial charge in [0.1, 0.15) is 11.6 Å². The second-order valence-electron chi connectivity index (χ2n) is 6.60. The molecule has 0 unspecified atom stereocenters. The Morgan fingerprint density at radius 1 is 0.963 bits per heavy atom. The number of fused-ring (bicyclic) bond motifs is 1. The van der Waals surface area contributed by atoms with Crippen molar-refractivity contribution in [1.82, 2.24) is 9.55 Å². The Balaban J connectivity index is 1.55. The first-order chi connectivity index (χ1) is 13.2. The highest BCUT2D eigenvalue weighted by Crippen LogP contribution is 2.27. The number of ether oxygens (including phenoxy) is 1. The van der Waals surface area contributed by atoms with E-state index < -0.39 is 0 Å². The molecule has 0 atom stereocenters. The fraction of sp³-hybridized carbons (Fsp3) is 0.174. The van der Waals surface area contributed by atoms with Gasteiger partial charge in [0.05, 0.1) is 17.6 Å². The molecule has 0 aliphatic heterocycles. The summed E-state index contributed by atoms with van der Waals surface area (Å²) in [6.07, 6.45) is 0.891. The molecule has 0 spiro atoms. The number of aryl methyl sites for hydroxylation is 2. The maximum Gasteiger partial charge on any atom is 0.141 e. The largest absolute Gasteiger partial charge is 0.494 e. The van der Waals surface area contributed by atoms with Crippen LogP contribution < -0.4 is 4.74 Å². The van der Waals surface area contributed by atoms with Crippen LogP contribution >= 0.6 is 11.6 Å². The van der Waals surface area contributed by atoms with Crippen LogP contribution in [0.1, 0.15) is 12.0 Å². The monoisotopic (exact) mass is 376 g/mol. The van der Waals surface area contributed by atoms with Crippen molar-refractivity contribution < 1.29 is 4.74 Å². The van der Waals surface area contributed by atoms with Crippen molar-refractivity contribution >= 4 is 22.6 Å². The topological polar surface area (TPSA) is 27.1 Å². The van der Waals surface area contributed by atoms with Gasteiger partial charge in [-0.25, -0.2) is 4.98 Å². The Morgan fingerprint density at radius 2 is 1.78 bits per heavy atom. The van der Waals surface area contributed by atoms with Gasteiger partial charge in [0, 0.05) is 17.1 Å². The maximum atomic E-state index is 6.19. The lowest BCUT2D eigenvalue weighted by molar-refractivity contribution is 0.303. The van der Waals surface area contributed by atoms with E-state index in [1.54, 1.807) is 0 Å². The molecule has 0 saturated carbocycles. The molecule has 4 rings (SSSR count). The van der Waals surface area contributed by atoms with Gasteiger partial charge in [-0.15, -0.1) is 0 Å². The Kier molecular flexibility index (Phi) is 5.12. The lowest BCUT2D eigenvalue weighted by Gasteiger charge is -2.11. The van der Waals surface area contributed by atoms with Gasteiger partial charge >= 0.3 is 0 Å². The summed E-state index contributed by atoms with van der Waals surface area (Å²) < 4.78 is 8.13. The van der Waals surface area contributed by atoms with Crippen LogP contribution in [0.25, 0.3) is 22.4 Å². The van der Waals surface area contributed by atoms with Gasteiger partial charge < -0.3 is 9.30 Å². The molecule has 3 nitrogen and oxygen atoms in total. The second kappa shape index (κ2) is 7.85. The van der Waals surface area contributed by atoms with Crippen molar-refractivity contribution in [2.75, 3.05) is 6.61 Å². The van der Waals surface area contributed by atoms with Crippen molar-refractivity contribution in [2.45, 2.75) is 19.9 Å². The summed E-state index contributed by atoms with van der Waals surface area (Å²) in [6.45, 7) is 3.56. The minimum Gasteiger partial charge on any atom is -0.494 e. The molecule has 136 valence electrons. The number of rotatable bonds is 6. The minimum absolute atomic E-state index is 0.657. The average molecular weight is 377 g/mol. The van der Waals surface area contributed by atoms with E-state index in [9.17, 15) is 0 Å². The predicted octanol–water partition coefficient (Wildman–Crippen LogP) is 6.13. The molecular formula is C23H21ClN2O. The zero-order valence-corrected chi connectivity index (χ0v) is 16.0.